The number of hydrogen-bond acceptors (Lipinski definition) is 4. The molecule has 0 atom stereocenters. The molecule has 0 N–H and O–H groups in total. The van der Waals surface area contributed by atoms with E-state index in [2.05, 4.69) is 32.8 Å². The van der Waals surface area contributed by atoms with Crippen molar-refractivity contribution in [1.82, 2.24) is 15.0 Å². The van der Waals surface area contributed by atoms with E-state index >= 15 is 0 Å². The van der Waals surface area contributed by atoms with Gasteiger partial charge < -0.3 is 4.90 Å². The van der Waals surface area contributed by atoms with Crippen LogP contribution in [0.4, 0.5) is 5.95 Å². The summed E-state index contributed by atoms with van der Waals surface area (Å²) in [5, 5.41) is 0. The van der Waals surface area contributed by atoms with Gasteiger partial charge in [0.15, 0.2) is 0 Å². The minimum Gasteiger partial charge on any atom is -0.340 e. The van der Waals surface area contributed by atoms with Crippen LogP contribution in [0.3, 0.4) is 0 Å². The Bertz CT molecular complexity index is 519. The second-order valence-electron chi connectivity index (χ2n) is 5.01. The zero-order valence-electron chi connectivity index (χ0n) is 12.5. The lowest BCUT2D eigenvalue weighted by molar-refractivity contribution is 0.720. The summed E-state index contributed by atoms with van der Waals surface area (Å²) >= 11 is 0. The summed E-state index contributed by atoms with van der Waals surface area (Å²) in [5.74, 6) is 0.834. The standard InChI is InChI=1S/C16H22N4/c1-4-10-20(11-8-15-7-5-6-9-17-15)16-18-13(2)12-14(3)19-16/h5-7,9,12H,4,8,10-11H2,1-3H3. The normalized spacial score (nSPS) is 10.6. The van der Waals surface area contributed by atoms with Gasteiger partial charge in [0.2, 0.25) is 5.95 Å². The molecule has 2 heterocycles. The highest BCUT2D eigenvalue weighted by molar-refractivity contribution is 5.32. The lowest BCUT2D eigenvalue weighted by Crippen LogP contribution is -2.29. The van der Waals surface area contributed by atoms with Gasteiger partial charge in [0.25, 0.3) is 0 Å². The average molecular weight is 270 g/mol. The van der Waals surface area contributed by atoms with Crippen LogP contribution in [0, 0.1) is 13.8 Å². The van der Waals surface area contributed by atoms with Crippen LogP contribution < -0.4 is 4.90 Å². The number of aryl methyl sites for hydroxylation is 2. The second kappa shape index (κ2) is 6.98. The van der Waals surface area contributed by atoms with Crippen LogP contribution in [0.2, 0.25) is 0 Å². The van der Waals surface area contributed by atoms with Crippen molar-refractivity contribution in [3.05, 3.63) is 47.5 Å². The molecular formula is C16H22N4. The SMILES string of the molecule is CCCN(CCc1ccccn1)c1nc(C)cc(C)n1. The van der Waals surface area contributed by atoms with Gasteiger partial charge in [-0.15, -0.1) is 0 Å². The van der Waals surface area contributed by atoms with Gasteiger partial charge in [0.1, 0.15) is 0 Å². The monoisotopic (exact) mass is 270 g/mol. The molecule has 0 radical (unpaired) electrons. The quantitative estimate of drug-likeness (QED) is 0.809. The van der Waals surface area contributed by atoms with Crippen molar-refractivity contribution in [2.45, 2.75) is 33.6 Å². The molecule has 0 saturated heterocycles. The molecule has 0 aliphatic heterocycles. The summed E-state index contributed by atoms with van der Waals surface area (Å²) in [7, 11) is 0. The first-order chi connectivity index (χ1) is 9.69. The van der Waals surface area contributed by atoms with Crippen LogP contribution in [0.1, 0.15) is 30.4 Å². The van der Waals surface area contributed by atoms with E-state index < -0.39 is 0 Å². The van der Waals surface area contributed by atoms with Crippen molar-refractivity contribution in [2.24, 2.45) is 0 Å². The second-order valence-corrected chi connectivity index (χ2v) is 5.01. The van der Waals surface area contributed by atoms with E-state index in [4.69, 9.17) is 0 Å². The van der Waals surface area contributed by atoms with E-state index in [0.29, 0.717) is 0 Å². The van der Waals surface area contributed by atoms with Gasteiger partial charge in [0, 0.05) is 42.8 Å². The van der Waals surface area contributed by atoms with E-state index in [1.54, 1.807) is 0 Å². The van der Waals surface area contributed by atoms with E-state index in [1.165, 1.54) is 0 Å². The van der Waals surface area contributed by atoms with Crippen LogP contribution >= 0.6 is 0 Å². The number of aromatic nitrogens is 3. The molecule has 20 heavy (non-hydrogen) atoms. The minimum atomic E-state index is 0.834. The Labute approximate surface area is 120 Å². The first-order valence-corrected chi connectivity index (χ1v) is 7.16. The van der Waals surface area contributed by atoms with E-state index in [0.717, 1.165) is 49.0 Å². The van der Waals surface area contributed by atoms with E-state index in [-0.39, 0.29) is 0 Å². The molecule has 0 unspecified atom stereocenters. The smallest absolute Gasteiger partial charge is 0.225 e. The minimum absolute atomic E-state index is 0.834. The maximum absolute atomic E-state index is 4.56. The van der Waals surface area contributed by atoms with E-state index in [1.807, 2.05) is 38.2 Å². The molecule has 0 aromatic carbocycles. The lowest BCUT2D eigenvalue weighted by Gasteiger charge is -2.22. The van der Waals surface area contributed by atoms with Crippen LogP contribution in [-0.2, 0) is 6.42 Å². The third-order valence-electron chi connectivity index (χ3n) is 3.11. The van der Waals surface area contributed by atoms with Crippen molar-refractivity contribution in [3.8, 4) is 0 Å². The van der Waals surface area contributed by atoms with Crippen molar-refractivity contribution < 1.29 is 0 Å². The molecular weight excluding hydrogens is 248 g/mol. The van der Waals surface area contributed by atoms with Crippen LogP contribution in [0.15, 0.2) is 30.5 Å². The Morgan fingerprint density at radius 3 is 2.40 bits per heavy atom. The molecule has 0 saturated carbocycles. The zero-order chi connectivity index (χ0) is 14.4. The molecule has 106 valence electrons. The van der Waals surface area contributed by atoms with Crippen molar-refractivity contribution in [1.29, 1.82) is 0 Å². The van der Waals surface area contributed by atoms with Gasteiger partial charge in [-0.25, -0.2) is 9.97 Å². The third-order valence-corrected chi connectivity index (χ3v) is 3.11. The van der Waals surface area contributed by atoms with Gasteiger partial charge in [-0.1, -0.05) is 13.0 Å². The average Bonchev–Trinajstić information content (AvgIpc) is 2.43. The first-order valence-electron chi connectivity index (χ1n) is 7.16. The molecule has 2 aromatic rings. The largest absolute Gasteiger partial charge is 0.340 e. The Hall–Kier alpha value is -1.97. The molecule has 0 bridgehead atoms. The highest BCUT2D eigenvalue weighted by Crippen LogP contribution is 2.11. The number of hydrogen-bond donors (Lipinski definition) is 0. The summed E-state index contributed by atoms with van der Waals surface area (Å²) in [4.78, 5) is 15.7. The fourth-order valence-electron chi connectivity index (χ4n) is 2.23. The molecule has 4 nitrogen and oxygen atoms in total. The summed E-state index contributed by atoms with van der Waals surface area (Å²) in [6, 6.07) is 8.04. The molecule has 2 rings (SSSR count). The number of pyridine rings is 1. The highest BCUT2D eigenvalue weighted by Gasteiger charge is 2.10. The van der Waals surface area contributed by atoms with Gasteiger partial charge in [-0.3, -0.25) is 4.98 Å². The summed E-state index contributed by atoms with van der Waals surface area (Å²) < 4.78 is 0. The molecule has 0 amide bonds. The van der Waals surface area contributed by atoms with E-state index in [9.17, 15) is 0 Å². The summed E-state index contributed by atoms with van der Waals surface area (Å²) in [6.07, 6.45) is 3.84. The molecule has 0 aliphatic rings. The van der Waals surface area contributed by atoms with Crippen LogP contribution in [0.25, 0.3) is 0 Å². The molecule has 4 heteroatoms. The molecule has 0 aliphatic carbocycles. The molecule has 2 aromatic heterocycles. The van der Waals surface area contributed by atoms with Crippen molar-refractivity contribution >= 4 is 5.95 Å². The van der Waals surface area contributed by atoms with Gasteiger partial charge in [-0.2, -0.15) is 0 Å². The van der Waals surface area contributed by atoms with Gasteiger partial charge in [-0.05, 0) is 38.5 Å². The lowest BCUT2D eigenvalue weighted by atomic mass is 10.2. The summed E-state index contributed by atoms with van der Waals surface area (Å²) in [5.41, 5.74) is 3.15. The van der Waals surface area contributed by atoms with Crippen molar-refractivity contribution in [2.75, 3.05) is 18.0 Å². The maximum Gasteiger partial charge on any atom is 0.225 e. The Balaban J connectivity index is 2.10. The van der Waals surface area contributed by atoms with Crippen molar-refractivity contribution in [3.63, 3.8) is 0 Å². The van der Waals surface area contributed by atoms with Gasteiger partial charge >= 0.3 is 0 Å². The topological polar surface area (TPSA) is 41.9 Å². The first kappa shape index (κ1) is 14.4. The fraction of sp³-hybridized carbons (Fsp3) is 0.438. The Kier molecular flexibility index (Phi) is 5.04. The predicted molar refractivity (Wildman–Crippen MR) is 82.0 cm³/mol. The zero-order valence-corrected chi connectivity index (χ0v) is 12.5. The Morgan fingerprint density at radius 1 is 1.05 bits per heavy atom. The van der Waals surface area contributed by atoms with Crippen LogP contribution in [0.5, 0.6) is 0 Å². The van der Waals surface area contributed by atoms with Gasteiger partial charge in [0.05, 0.1) is 0 Å². The van der Waals surface area contributed by atoms with Crippen LogP contribution in [-0.4, -0.2) is 28.0 Å². The molecule has 0 spiro atoms. The maximum atomic E-state index is 4.56. The number of rotatable bonds is 6. The Morgan fingerprint density at radius 2 is 1.80 bits per heavy atom. The predicted octanol–water partition coefficient (Wildman–Crippen LogP) is 2.95. The highest BCUT2D eigenvalue weighted by atomic mass is 15.2. The summed E-state index contributed by atoms with van der Waals surface area (Å²) in [6.45, 7) is 8.07. The fourth-order valence-corrected chi connectivity index (χ4v) is 2.23. The number of nitrogens with zero attached hydrogens (tertiary/aromatic N) is 4. The third kappa shape index (κ3) is 4.02. The molecule has 0 fully saturated rings. The number of anilines is 1.